The van der Waals surface area contributed by atoms with Crippen molar-refractivity contribution in [2.75, 3.05) is 26.9 Å². The van der Waals surface area contributed by atoms with Gasteiger partial charge in [0.15, 0.2) is 0 Å². The highest BCUT2D eigenvalue weighted by Gasteiger charge is 2.25. The molecule has 0 spiro atoms. The average molecular weight is 510 g/mol. The summed E-state index contributed by atoms with van der Waals surface area (Å²) in [6.07, 6.45) is 5.55. The molecule has 196 valence electrons. The summed E-state index contributed by atoms with van der Waals surface area (Å²) in [4.78, 5) is 1.89. The lowest BCUT2D eigenvalue weighted by atomic mass is 10.1. The number of nitrogens with one attached hydrogen (secondary N) is 1. The highest BCUT2D eigenvalue weighted by Crippen LogP contribution is 2.34. The van der Waals surface area contributed by atoms with Gasteiger partial charge in [0, 0.05) is 19.0 Å². The van der Waals surface area contributed by atoms with Crippen molar-refractivity contribution in [1.29, 1.82) is 0 Å². The van der Waals surface area contributed by atoms with Gasteiger partial charge >= 0.3 is 0 Å². The van der Waals surface area contributed by atoms with Crippen molar-refractivity contribution in [3.8, 4) is 22.9 Å². The molecule has 0 fully saturated rings. The zero-order valence-electron chi connectivity index (χ0n) is 21.5. The summed E-state index contributed by atoms with van der Waals surface area (Å²) in [7, 11) is 3.66. The van der Waals surface area contributed by atoms with Gasteiger partial charge in [-0.05, 0) is 50.7 Å². The fourth-order valence-corrected chi connectivity index (χ4v) is 4.53. The Kier molecular flexibility index (Phi) is 6.98. The van der Waals surface area contributed by atoms with E-state index in [1.54, 1.807) is 15.6 Å². The number of aliphatic hydroxyl groups is 1. The van der Waals surface area contributed by atoms with E-state index in [9.17, 15) is 9.50 Å². The standard InChI is InChI=1S/C26H32FN7O3/c1-16(2)37-25-19-6-8-23-20-11-17(5-7-22(20)29-30-23)21-13-28-33(4)26(21)36-15-18(12-27)32(3)14-24(19)34(31-25)9-10-35/h5-8,11,13,16,18,35H,9-10,12,14-15H2,1-4H3,(H,29,30)/b8-6+. The Morgan fingerprint density at radius 3 is 2.86 bits per heavy atom. The lowest BCUT2D eigenvalue weighted by Crippen LogP contribution is -2.39. The van der Waals surface area contributed by atoms with Crippen LogP contribution in [0.5, 0.6) is 11.8 Å². The Bertz CT molecular complexity index is 1420. The predicted molar refractivity (Wildman–Crippen MR) is 139 cm³/mol. The lowest BCUT2D eigenvalue weighted by molar-refractivity contribution is 0.122. The van der Waals surface area contributed by atoms with Crippen molar-refractivity contribution in [2.45, 2.75) is 39.1 Å². The molecule has 37 heavy (non-hydrogen) atoms. The Labute approximate surface area is 214 Å². The molecule has 4 heterocycles. The SMILES string of the molecule is CC(C)Oc1nn(CCO)c2c1/C=C/c1[nH]nc3ccc(cc13)-c1cnn(C)c1OCC(CF)N(C)C2. The summed E-state index contributed by atoms with van der Waals surface area (Å²) in [6, 6.07) is 5.45. The molecule has 1 atom stereocenters. The number of likely N-dealkylation sites (N-methyl/N-ethyl adjacent to an activating group) is 1. The second-order valence-corrected chi connectivity index (χ2v) is 9.50. The van der Waals surface area contributed by atoms with Crippen LogP contribution in [0, 0.1) is 0 Å². The summed E-state index contributed by atoms with van der Waals surface area (Å²) in [5, 5.41) is 27.2. The van der Waals surface area contributed by atoms with Crippen LogP contribution in [0.25, 0.3) is 34.2 Å². The zero-order chi connectivity index (χ0) is 26.1. The van der Waals surface area contributed by atoms with E-state index < -0.39 is 12.7 Å². The summed E-state index contributed by atoms with van der Waals surface area (Å²) in [6.45, 7) is 3.98. The van der Waals surface area contributed by atoms with Gasteiger partial charge < -0.3 is 14.6 Å². The number of nitrogens with zero attached hydrogens (tertiary/aromatic N) is 6. The highest BCUT2D eigenvalue weighted by molar-refractivity contribution is 5.93. The van der Waals surface area contributed by atoms with Crippen molar-refractivity contribution >= 4 is 23.1 Å². The minimum atomic E-state index is -0.597. The van der Waals surface area contributed by atoms with Crippen molar-refractivity contribution in [1.82, 2.24) is 34.7 Å². The van der Waals surface area contributed by atoms with Gasteiger partial charge in [-0.15, -0.1) is 5.10 Å². The van der Waals surface area contributed by atoms with Crippen molar-refractivity contribution in [3.63, 3.8) is 0 Å². The van der Waals surface area contributed by atoms with Crippen molar-refractivity contribution < 1.29 is 19.0 Å². The van der Waals surface area contributed by atoms with Gasteiger partial charge in [0.1, 0.15) is 13.3 Å². The summed E-state index contributed by atoms with van der Waals surface area (Å²) in [5.74, 6) is 1.03. The molecular formula is C26H32FN7O3. The van der Waals surface area contributed by atoms with E-state index in [0.29, 0.717) is 18.3 Å². The summed E-state index contributed by atoms with van der Waals surface area (Å²) < 4.78 is 29.9. The van der Waals surface area contributed by atoms with Crippen LogP contribution in [0.15, 0.2) is 24.4 Å². The largest absolute Gasteiger partial charge is 0.476 e. The van der Waals surface area contributed by atoms with Crippen LogP contribution in [0.4, 0.5) is 4.39 Å². The van der Waals surface area contributed by atoms with Crippen molar-refractivity contribution in [3.05, 3.63) is 41.3 Å². The monoisotopic (exact) mass is 509 g/mol. The molecule has 0 amide bonds. The molecule has 0 saturated heterocycles. The van der Waals surface area contributed by atoms with Gasteiger partial charge in [-0.2, -0.15) is 10.2 Å². The fraction of sp³-hybridized carbons (Fsp3) is 0.423. The first-order valence-corrected chi connectivity index (χ1v) is 12.3. The van der Waals surface area contributed by atoms with Gasteiger partial charge in [0.25, 0.3) is 0 Å². The molecule has 1 aliphatic heterocycles. The maximum atomic E-state index is 14.3. The molecule has 11 heteroatoms. The zero-order valence-corrected chi connectivity index (χ0v) is 21.5. The van der Waals surface area contributed by atoms with E-state index in [1.807, 2.05) is 63.2 Å². The van der Waals surface area contributed by atoms with Gasteiger partial charge in [-0.1, -0.05) is 6.07 Å². The van der Waals surface area contributed by atoms with Crippen LogP contribution in [0.1, 0.15) is 30.8 Å². The number of halogens is 1. The fourth-order valence-electron chi connectivity index (χ4n) is 4.53. The molecule has 5 rings (SSSR count). The quantitative estimate of drug-likeness (QED) is 0.425. The molecule has 4 aromatic rings. The normalized spacial score (nSPS) is 17.3. The van der Waals surface area contributed by atoms with E-state index in [4.69, 9.17) is 9.47 Å². The number of aromatic amines is 1. The van der Waals surface area contributed by atoms with Gasteiger partial charge in [0.2, 0.25) is 11.8 Å². The number of alkyl halides is 1. The van der Waals surface area contributed by atoms with Gasteiger partial charge in [-0.3, -0.25) is 14.7 Å². The smallest absolute Gasteiger partial charge is 0.240 e. The molecule has 2 N–H and O–H groups in total. The molecule has 2 bridgehead atoms. The molecule has 0 radical (unpaired) electrons. The predicted octanol–water partition coefficient (Wildman–Crippen LogP) is 3.27. The first-order chi connectivity index (χ1) is 17.9. The van der Waals surface area contributed by atoms with Crippen LogP contribution in [-0.2, 0) is 20.1 Å². The number of aromatic nitrogens is 6. The number of rotatable bonds is 5. The van der Waals surface area contributed by atoms with Gasteiger partial charge in [-0.25, -0.2) is 9.07 Å². The van der Waals surface area contributed by atoms with Gasteiger partial charge in [0.05, 0.1) is 59.5 Å². The van der Waals surface area contributed by atoms with Crippen LogP contribution in [-0.4, -0.2) is 78.8 Å². The first kappa shape index (κ1) is 25.0. The van der Waals surface area contributed by atoms with E-state index >= 15 is 0 Å². The number of fused-ring (bicyclic) bond motifs is 4. The molecule has 3 aromatic heterocycles. The second-order valence-electron chi connectivity index (χ2n) is 9.50. The van der Waals surface area contributed by atoms with E-state index in [-0.39, 0.29) is 25.9 Å². The van der Waals surface area contributed by atoms with E-state index in [1.165, 1.54) is 0 Å². The van der Waals surface area contributed by atoms with Crippen LogP contribution < -0.4 is 9.47 Å². The topological polar surface area (TPSA) is 106 Å². The first-order valence-electron chi connectivity index (χ1n) is 12.3. The summed E-state index contributed by atoms with van der Waals surface area (Å²) in [5.41, 5.74) is 4.98. The van der Waals surface area contributed by atoms with Crippen LogP contribution >= 0.6 is 0 Å². The molecule has 1 aromatic carbocycles. The Morgan fingerprint density at radius 1 is 1.27 bits per heavy atom. The van der Waals surface area contributed by atoms with E-state index in [2.05, 4.69) is 20.4 Å². The second kappa shape index (κ2) is 10.3. The third-order valence-electron chi connectivity index (χ3n) is 6.53. The Balaban J connectivity index is 1.69. The number of aliphatic hydroxyl groups excluding tert-OH is 1. The molecule has 0 aliphatic carbocycles. The van der Waals surface area contributed by atoms with Crippen LogP contribution in [0.3, 0.4) is 0 Å². The van der Waals surface area contributed by atoms with Crippen LogP contribution in [0.2, 0.25) is 0 Å². The summed E-state index contributed by atoms with van der Waals surface area (Å²) >= 11 is 0. The molecule has 1 aliphatic rings. The maximum absolute atomic E-state index is 14.3. The number of hydrogen-bond donors (Lipinski definition) is 2. The number of H-pyrrole nitrogens is 1. The Hall–Kier alpha value is -3.70. The molecular weight excluding hydrogens is 477 g/mol. The molecule has 10 nitrogen and oxygen atoms in total. The number of benzene rings is 1. The Morgan fingerprint density at radius 2 is 2.11 bits per heavy atom. The minimum absolute atomic E-state index is 0.0878. The highest BCUT2D eigenvalue weighted by atomic mass is 19.1. The lowest BCUT2D eigenvalue weighted by Gasteiger charge is -2.26. The third kappa shape index (κ3) is 4.84. The molecule has 1 unspecified atom stereocenters. The third-order valence-corrected chi connectivity index (χ3v) is 6.53. The maximum Gasteiger partial charge on any atom is 0.240 e. The molecule has 0 saturated carbocycles. The number of ether oxygens (including phenoxy) is 2. The van der Waals surface area contributed by atoms with Crippen molar-refractivity contribution in [2.24, 2.45) is 7.05 Å². The number of aryl methyl sites for hydroxylation is 1. The average Bonchev–Trinajstić information content (AvgIpc) is 3.53. The van der Waals surface area contributed by atoms with E-state index in [0.717, 1.165) is 39.0 Å². The minimum Gasteiger partial charge on any atom is -0.476 e. The number of hydrogen-bond acceptors (Lipinski definition) is 7.